The summed E-state index contributed by atoms with van der Waals surface area (Å²) in [5.74, 6) is 0.500. The highest BCUT2D eigenvalue weighted by atomic mass is 16.5. The molecule has 0 radical (unpaired) electrons. The quantitative estimate of drug-likeness (QED) is 0.815. The van der Waals surface area contributed by atoms with E-state index in [0.29, 0.717) is 11.5 Å². The Morgan fingerprint density at radius 1 is 1.26 bits per heavy atom. The highest BCUT2D eigenvalue weighted by Crippen LogP contribution is 2.24. The summed E-state index contributed by atoms with van der Waals surface area (Å²) in [6.45, 7) is 11.8. The fourth-order valence-electron chi connectivity index (χ4n) is 3.33. The normalized spacial score (nSPS) is 19.6. The van der Waals surface area contributed by atoms with Crippen LogP contribution in [0.2, 0.25) is 0 Å². The molecule has 124 valence electrons. The van der Waals surface area contributed by atoms with Gasteiger partial charge in [0.15, 0.2) is 0 Å². The minimum absolute atomic E-state index is 0.263. The van der Waals surface area contributed by atoms with Gasteiger partial charge in [-0.3, -0.25) is 4.90 Å². The van der Waals surface area contributed by atoms with Crippen LogP contribution < -0.4 is 5.63 Å². The fourth-order valence-corrected chi connectivity index (χ4v) is 3.33. The first-order valence-corrected chi connectivity index (χ1v) is 8.32. The maximum Gasteiger partial charge on any atom is 0.336 e. The van der Waals surface area contributed by atoms with Crippen molar-refractivity contribution in [1.82, 2.24) is 4.90 Å². The van der Waals surface area contributed by atoms with Crippen molar-refractivity contribution >= 4 is 11.0 Å². The summed E-state index contributed by atoms with van der Waals surface area (Å²) in [5.41, 5.74) is 3.69. The summed E-state index contributed by atoms with van der Waals surface area (Å²) in [5, 5.41) is 1.05. The third-order valence-electron chi connectivity index (χ3n) is 4.57. The Hall–Kier alpha value is -1.65. The minimum atomic E-state index is -0.270. The third-order valence-corrected chi connectivity index (χ3v) is 4.57. The number of hydrogen-bond acceptors (Lipinski definition) is 4. The summed E-state index contributed by atoms with van der Waals surface area (Å²) in [6, 6.07) is 5.81. The van der Waals surface area contributed by atoms with Crippen LogP contribution in [0, 0.1) is 19.8 Å². The molecule has 0 N–H and O–H groups in total. The molecule has 2 aromatic rings. The van der Waals surface area contributed by atoms with Crippen molar-refractivity contribution in [1.29, 1.82) is 0 Å². The van der Waals surface area contributed by atoms with Crippen molar-refractivity contribution in [3.05, 3.63) is 45.3 Å². The molecule has 4 heteroatoms. The summed E-state index contributed by atoms with van der Waals surface area (Å²) >= 11 is 0. The van der Waals surface area contributed by atoms with Gasteiger partial charge in [0.25, 0.3) is 0 Å². The molecule has 4 nitrogen and oxygen atoms in total. The third kappa shape index (κ3) is 3.48. The molecule has 0 bridgehead atoms. The summed E-state index contributed by atoms with van der Waals surface area (Å²) < 4.78 is 11.3. The Balaban J connectivity index is 1.95. The second-order valence-electron chi connectivity index (χ2n) is 6.94. The number of ether oxygens (including phenoxy) is 1. The SMILES string of the molecule is Cc1cc(C)c2oc(=O)cc(CN3CCOC(C(C)C)C3)c2c1. The van der Waals surface area contributed by atoms with Crippen LogP contribution in [0.15, 0.2) is 27.4 Å². The number of fused-ring (bicyclic) bond motifs is 1. The van der Waals surface area contributed by atoms with Crippen molar-refractivity contribution < 1.29 is 9.15 Å². The molecule has 1 unspecified atom stereocenters. The molecule has 1 aliphatic rings. The molecule has 1 aliphatic heterocycles. The fraction of sp³-hybridized carbons (Fsp3) is 0.526. The van der Waals surface area contributed by atoms with Crippen molar-refractivity contribution in [3.63, 3.8) is 0 Å². The van der Waals surface area contributed by atoms with Gasteiger partial charge in [-0.05, 0) is 42.5 Å². The zero-order chi connectivity index (χ0) is 16.6. The predicted molar refractivity (Wildman–Crippen MR) is 91.8 cm³/mol. The standard InChI is InChI=1S/C19H25NO3/c1-12(2)17-11-20(5-6-22-17)10-15-9-18(21)23-19-14(4)7-13(3)8-16(15)19/h7-9,12,17H,5-6,10-11H2,1-4H3. The summed E-state index contributed by atoms with van der Waals surface area (Å²) in [4.78, 5) is 14.3. The van der Waals surface area contributed by atoms with Gasteiger partial charge in [-0.1, -0.05) is 19.9 Å². The van der Waals surface area contributed by atoms with Crippen molar-refractivity contribution in [2.45, 2.75) is 40.3 Å². The van der Waals surface area contributed by atoms with E-state index >= 15 is 0 Å². The minimum Gasteiger partial charge on any atom is -0.422 e. The molecule has 0 saturated carbocycles. The van der Waals surface area contributed by atoms with Gasteiger partial charge in [0.1, 0.15) is 5.58 Å². The molecule has 1 saturated heterocycles. The lowest BCUT2D eigenvalue weighted by atomic mass is 10.0. The number of aryl methyl sites for hydroxylation is 2. The van der Waals surface area contributed by atoms with Crippen molar-refractivity contribution in [2.24, 2.45) is 5.92 Å². The Morgan fingerprint density at radius 2 is 2.04 bits per heavy atom. The first kappa shape index (κ1) is 16.2. The predicted octanol–water partition coefficient (Wildman–Crippen LogP) is 3.27. The Kier molecular flexibility index (Phi) is 4.55. The van der Waals surface area contributed by atoms with E-state index in [1.807, 2.05) is 6.92 Å². The van der Waals surface area contributed by atoms with E-state index in [9.17, 15) is 4.79 Å². The molecule has 1 fully saturated rings. The Morgan fingerprint density at radius 3 is 2.78 bits per heavy atom. The molecule has 0 amide bonds. The van der Waals surface area contributed by atoms with Crippen LogP contribution in [-0.4, -0.2) is 30.7 Å². The number of hydrogen-bond donors (Lipinski definition) is 0. The van der Waals surface area contributed by atoms with Gasteiger partial charge >= 0.3 is 5.63 Å². The Bertz CT molecular complexity index is 763. The molecule has 1 aromatic carbocycles. The van der Waals surface area contributed by atoms with Crippen molar-refractivity contribution in [2.75, 3.05) is 19.7 Å². The lowest BCUT2D eigenvalue weighted by Gasteiger charge is -2.35. The van der Waals surface area contributed by atoms with Crippen LogP contribution in [0.3, 0.4) is 0 Å². The summed E-state index contributed by atoms with van der Waals surface area (Å²) in [6.07, 6.45) is 0.263. The molecular weight excluding hydrogens is 290 g/mol. The maximum absolute atomic E-state index is 11.9. The molecule has 0 aliphatic carbocycles. The van der Waals surface area contributed by atoms with E-state index < -0.39 is 0 Å². The van der Waals surface area contributed by atoms with Crippen LogP contribution in [0.4, 0.5) is 0 Å². The first-order chi connectivity index (χ1) is 10.9. The van der Waals surface area contributed by atoms with E-state index in [1.165, 1.54) is 5.56 Å². The van der Waals surface area contributed by atoms with E-state index in [-0.39, 0.29) is 11.7 Å². The van der Waals surface area contributed by atoms with E-state index in [0.717, 1.165) is 42.8 Å². The Labute approximate surface area is 137 Å². The monoisotopic (exact) mass is 315 g/mol. The van der Waals surface area contributed by atoms with E-state index in [2.05, 4.69) is 37.8 Å². The highest BCUT2D eigenvalue weighted by Gasteiger charge is 2.23. The van der Waals surface area contributed by atoms with Crippen LogP contribution in [0.25, 0.3) is 11.0 Å². The molecule has 23 heavy (non-hydrogen) atoms. The largest absolute Gasteiger partial charge is 0.422 e. The molecule has 3 rings (SSSR count). The van der Waals surface area contributed by atoms with E-state index in [1.54, 1.807) is 6.07 Å². The van der Waals surface area contributed by atoms with Crippen molar-refractivity contribution in [3.8, 4) is 0 Å². The zero-order valence-electron chi connectivity index (χ0n) is 14.4. The average Bonchev–Trinajstić information content (AvgIpc) is 2.49. The van der Waals surface area contributed by atoms with Crippen LogP contribution in [0.1, 0.15) is 30.5 Å². The van der Waals surface area contributed by atoms with Gasteiger partial charge in [-0.15, -0.1) is 0 Å². The molecule has 1 aromatic heterocycles. The average molecular weight is 315 g/mol. The van der Waals surface area contributed by atoms with Crippen LogP contribution >= 0.6 is 0 Å². The van der Waals surface area contributed by atoms with Gasteiger partial charge in [0.2, 0.25) is 0 Å². The van der Waals surface area contributed by atoms with Gasteiger partial charge in [-0.25, -0.2) is 4.79 Å². The zero-order valence-corrected chi connectivity index (χ0v) is 14.4. The first-order valence-electron chi connectivity index (χ1n) is 8.32. The number of rotatable bonds is 3. The smallest absolute Gasteiger partial charge is 0.336 e. The lowest BCUT2D eigenvalue weighted by molar-refractivity contribution is -0.0528. The van der Waals surface area contributed by atoms with E-state index in [4.69, 9.17) is 9.15 Å². The molecular formula is C19H25NO3. The number of morpholine rings is 1. The molecule has 1 atom stereocenters. The van der Waals surface area contributed by atoms with Gasteiger partial charge in [-0.2, -0.15) is 0 Å². The topological polar surface area (TPSA) is 42.7 Å². The van der Waals surface area contributed by atoms with Gasteiger partial charge in [0, 0.05) is 31.1 Å². The number of benzene rings is 1. The molecule has 2 heterocycles. The maximum atomic E-state index is 11.9. The second-order valence-corrected chi connectivity index (χ2v) is 6.94. The second kappa shape index (κ2) is 6.46. The molecule has 0 spiro atoms. The van der Waals surface area contributed by atoms with Crippen LogP contribution in [0.5, 0.6) is 0 Å². The lowest BCUT2D eigenvalue weighted by Crippen LogP contribution is -2.44. The van der Waals surface area contributed by atoms with Crippen LogP contribution in [-0.2, 0) is 11.3 Å². The van der Waals surface area contributed by atoms with Gasteiger partial charge < -0.3 is 9.15 Å². The summed E-state index contributed by atoms with van der Waals surface area (Å²) in [7, 11) is 0. The van der Waals surface area contributed by atoms with Gasteiger partial charge in [0.05, 0.1) is 12.7 Å². The highest BCUT2D eigenvalue weighted by molar-refractivity contribution is 5.83. The number of nitrogens with zero attached hydrogens (tertiary/aromatic N) is 1.